The van der Waals surface area contributed by atoms with Crippen molar-refractivity contribution in [2.45, 2.75) is 19.5 Å². The SMILES string of the molecule is C[C@H](c1ccccc1)N(Cc1ccc(F)cc1)C(=O)COc1c(F)cccc1C(=O)O. The first kappa shape index (κ1) is 22.0. The first-order chi connectivity index (χ1) is 14.9. The smallest absolute Gasteiger partial charge is 0.339 e. The summed E-state index contributed by atoms with van der Waals surface area (Å²) in [6.07, 6.45) is 0. The second-order valence-electron chi connectivity index (χ2n) is 6.95. The number of hydrogen-bond acceptors (Lipinski definition) is 3. The van der Waals surface area contributed by atoms with Crippen molar-refractivity contribution in [3.63, 3.8) is 0 Å². The summed E-state index contributed by atoms with van der Waals surface area (Å²) in [5.74, 6) is -3.57. The molecule has 0 aromatic heterocycles. The van der Waals surface area contributed by atoms with Gasteiger partial charge in [0, 0.05) is 6.54 Å². The van der Waals surface area contributed by atoms with Gasteiger partial charge in [0.2, 0.25) is 0 Å². The summed E-state index contributed by atoms with van der Waals surface area (Å²) in [6, 6.07) is 18.2. The van der Waals surface area contributed by atoms with Crippen LogP contribution in [-0.4, -0.2) is 28.5 Å². The minimum Gasteiger partial charge on any atom is -0.480 e. The normalized spacial score (nSPS) is 11.6. The van der Waals surface area contributed by atoms with E-state index in [1.54, 1.807) is 12.1 Å². The molecule has 1 amide bonds. The van der Waals surface area contributed by atoms with Crippen molar-refractivity contribution in [2.24, 2.45) is 0 Å². The Bertz CT molecular complexity index is 1050. The largest absolute Gasteiger partial charge is 0.480 e. The molecule has 160 valence electrons. The standard InChI is InChI=1S/C24H21F2NO4/c1-16(18-6-3-2-4-7-18)27(14-17-10-12-19(25)13-11-17)22(28)15-31-23-20(24(29)30)8-5-9-21(23)26/h2-13,16H,14-15H2,1H3,(H,29,30)/t16-/m1/s1. The molecule has 0 radical (unpaired) electrons. The fourth-order valence-electron chi connectivity index (χ4n) is 3.18. The number of hydrogen-bond donors (Lipinski definition) is 1. The van der Waals surface area contributed by atoms with Crippen LogP contribution in [0.2, 0.25) is 0 Å². The summed E-state index contributed by atoms with van der Waals surface area (Å²) >= 11 is 0. The molecule has 3 aromatic carbocycles. The van der Waals surface area contributed by atoms with Gasteiger partial charge in [-0.1, -0.05) is 48.5 Å². The Morgan fingerprint density at radius 2 is 1.65 bits per heavy atom. The van der Waals surface area contributed by atoms with Gasteiger partial charge < -0.3 is 14.7 Å². The predicted octanol–water partition coefficient (Wildman–Crippen LogP) is 4.83. The molecule has 7 heteroatoms. The van der Waals surface area contributed by atoms with Crippen LogP contribution in [0.15, 0.2) is 72.8 Å². The van der Waals surface area contributed by atoms with Gasteiger partial charge in [-0.2, -0.15) is 0 Å². The summed E-state index contributed by atoms with van der Waals surface area (Å²) in [7, 11) is 0. The molecular weight excluding hydrogens is 404 g/mol. The van der Waals surface area contributed by atoms with E-state index in [1.807, 2.05) is 37.3 Å². The lowest BCUT2D eigenvalue weighted by atomic mass is 10.1. The summed E-state index contributed by atoms with van der Waals surface area (Å²) in [4.78, 5) is 25.9. The van der Waals surface area contributed by atoms with E-state index >= 15 is 0 Å². The van der Waals surface area contributed by atoms with Gasteiger partial charge in [0.15, 0.2) is 18.2 Å². The maximum absolute atomic E-state index is 14.1. The molecule has 3 aromatic rings. The van der Waals surface area contributed by atoms with Gasteiger partial charge in [0.05, 0.1) is 6.04 Å². The molecule has 0 heterocycles. The highest BCUT2D eigenvalue weighted by Gasteiger charge is 2.24. The van der Waals surface area contributed by atoms with E-state index in [9.17, 15) is 23.5 Å². The van der Waals surface area contributed by atoms with Crippen molar-refractivity contribution in [2.75, 3.05) is 6.61 Å². The lowest BCUT2D eigenvalue weighted by Crippen LogP contribution is -2.36. The highest BCUT2D eigenvalue weighted by molar-refractivity contribution is 5.91. The zero-order valence-corrected chi connectivity index (χ0v) is 16.8. The third kappa shape index (κ3) is 5.45. The third-order valence-corrected chi connectivity index (χ3v) is 4.87. The number of ether oxygens (including phenoxy) is 1. The second-order valence-corrected chi connectivity index (χ2v) is 6.95. The molecule has 1 N–H and O–H groups in total. The Balaban J connectivity index is 1.84. The van der Waals surface area contributed by atoms with Crippen LogP contribution in [0.3, 0.4) is 0 Å². The number of benzene rings is 3. The summed E-state index contributed by atoms with van der Waals surface area (Å²) in [5.41, 5.74) is 1.21. The highest BCUT2D eigenvalue weighted by atomic mass is 19.1. The van der Waals surface area contributed by atoms with Crippen LogP contribution in [0.1, 0.15) is 34.5 Å². The van der Waals surface area contributed by atoms with Crippen molar-refractivity contribution in [3.8, 4) is 5.75 Å². The van der Waals surface area contributed by atoms with Crippen LogP contribution in [0.5, 0.6) is 5.75 Å². The summed E-state index contributed by atoms with van der Waals surface area (Å²) in [5, 5.41) is 9.25. The Hall–Kier alpha value is -3.74. The Morgan fingerprint density at radius 1 is 0.968 bits per heavy atom. The highest BCUT2D eigenvalue weighted by Crippen LogP contribution is 2.25. The maximum Gasteiger partial charge on any atom is 0.339 e. The Labute approximate surface area is 178 Å². The molecule has 3 rings (SSSR count). The molecule has 0 fully saturated rings. The molecule has 0 saturated carbocycles. The monoisotopic (exact) mass is 425 g/mol. The minimum absolute atomic E-state index is 0.168. The third-order valence-electron chi connectivity index (χ3n) is 4.87. The van der Waals surface area contributed by atoms with Crippen LogP contribution >= 0.6 is 0 Å². The molecule has 5 nitrogen and oxygen atoms in total. The van der Waals surface area contributed by atoms with Crippen molar-refractivity contribution in [1.29, 1.82) is 0 Å². The summed E-state index contributed by atoms with van der Waals surface area (Å²) < 4.78 is 32.7. The van der Waals surface area contributed by atoms with Gasteiger partial charge in [-0.25, -0.2) is 13.6 Å². The van der Waals surface area contributed by atoms with E-state index in [0.29, 0.717) is 5.56 Å². The number of aromatic carboxylic acids is 1. The molecule has 0 unspecified atom stereocenters. The minimum atomic E-state index is -1.36. The average Bonchev–Trinajstić information content (AvgIpc) is 2.77. The van der Waals surface area contributed by atoms with Crippen LogP contribution in [0.25, 0.3) is 0 Å². The van der Waals surface area contributed by atoms with E-state index in [2.05, 4.69) is 0 Å². The van der Waals surface area contributed by atoms with Crippen molar-refractivity contribution >= 4 is 11.9 Å². The molecular formula is C24H21F2NO4. The van der Waals surface area contributed by atoms with Crippen molar-refractivity contribution in [3.05, 3.63) is 101 Å². The van der Waals surface area contributed by atoms with Gasteiger partial charge in [0.1, 0.15) is 11.4 Å². The lowest BCUT2D eigenvalue weighted by Gasteiger charge is -2.30. The fraction of sp³-hybridized carbons (Fsp3) is 0.167. The van der Waals surface area contributed by atoms with Crippen molar-refractivity contribution in [1.82, 2.24) is 4.90 Å². The zero-order valence-electron chi connectivity index (χ0n) is 16.8. The second kappa shape index (κ2) is 9.84. The topological polar surface area (TPSA) is 66.8 Å². The lowest BCUT2D eigenvalue weighted by molar-refractivity contribution is -0.136. The number of rotatable bonds is 8. The molecule has 0 aliphatic carbocycles. The fourth-order valence-corrected chi connectivity index (χ4v) is 3.18. The Kier molecular flexibility index (Phi) is 6.97. The number of halogens is 2. The van der Waals surface area contributed by atoms with Crippen LogP contribution < -0.4 is 4.74 Å². The van der Waals surface area contributed by atoms with E-state index in [4.69, 9.17) is 4.74 Å². The van der Waals surface area contributed by atoms with Crippen LogP contribution in [0, 0.1) is 11.6 Å². The predicted molar refractivity (Wildman–Crippen MR) is 111 cm³/mol. The van der Waals surface area contributed by atoms with Crippen LogP contribution in [0.4, 0.5) is 8.78 Å². The van der Waals surface area contributed by atoms with Gasteiger partial charge in [-0.3, -0.25) is 4.79 Å². The molecule has 0 aliphatic heterocycles. The van der Waals surface area contributed by atoms with Crippen LogP contribution in [-0.2, 0) is 11.3 Å². The van der Waals surface area contributed by atoms with E-state index in [1.165, 1.54) is 29.2 Å². The number of carbonyl (C=O) groups excluding carboxylic acids is 1. The van der Waals surface area contributed by atoms with Crippen molar-refractivity contribution < 1.29 is 28.2 Å². The molecule has 1 atom stereocenters. The molecule has 0 saturated heterocycles. The Morgan fingerprint density at radius 3 is 2.29 bits per heavy atom. The number of amides is 1. The van der Waals surface area contributed by atoms with E-state index in [0.717, 1.165) is 11.6 Å². The number of nitrogens with zero attached hydrogens (tertiary/aromatic N) is 1. The zero-order chi connectivity index (χ0) is 22.4. The first-order valence-corrected chi connectivity index (χ1v) is 9.60. The van der Waals surface area contributed by atoms with E-state index < -0.39 is 30.1 Å². The number of para-hydroxylation sites is 1. The van der Waals surface area contributed by atoms with E-state index in [-0.39, 0.29) is 24.0 Å². The quantitative estimate of drug-likeness (QED) is 0.561. The first-order valence-electron chi connectivity index (χ1n) is 9.60. The van der Waals surface area contributed by atoms with Gasteiger partial charge in [-0.05, 0) is 42.3 Å². The molecule has 31 heavy (non-hydrogen) atoms. The molecule has 0 aliphatic rings. The van der Waals surface area contributed by atoms with Gasteiger partial charge >= 0.3 is 5.97 Å². The number of carboxylic acids is 1. The molecule has 0 bridgehead atoms. The molecule has 0 spiro atoms. The van der Waals surface area contributed by atoms with Gasteiger partial charge in [0.25, 0.3) is 5.91 Å². The summed E-state index contributed by atoms with van der Waals surface area (Å²) in [6.45, 7) is 1.45. The maximum atomic E-state index is 14.1. The number of carbonyl (C=O) groups is 2. The van der Waals surface area contributed by atoms with Gasteiger partial charge in [-0.15, -0.1) is 0 Å². The average molecular weight is 425 g/mol. The number of carboxylic acid groups (broad SMARTS) is 1.